The van der Waals surface area contributed by atoms with E-state index in [2.05, 4.69) is 4.98 Å². The highest BCUT2D eigenvalue weighted by Crippen LogP contribution is 2.34. The summed E-state index contributed by atoms with van der Waals surface area (Å²) in [4.78, 5) is 18.2. The van der Waals surface area contributed by atoms with Gasteiger partial charge in [-0.05, 0) is 62.4 Å². The molecule has 0 radical (unpaired) electrons. The van der Waals surface area contributed by atoms with Gasteiger partial charge in [-0.25, -0.2) is 14.2 Å². The molecule has 6 nitrogen and oxygen atoms in total. The normalized spacial score (nSPS) is 13.9. The van der Waals surface area contributed by atoms with Gasteiger partial charge in [-0.15, -0.1) is 11.3 Å². The van der Waals surface area contributed by atoms with Gasteiger partial charge in [0, 0.05) is 16.6 Å². The zero-order chi connectivity index (χ0) is 22.1. The first kappa shape index (κ1) is 20.7. The Kier molecular flexibility index (Phi) is 5.56. The lowest BCUT2D eigenvalue weighted by Gasteiger charge is -2.19. The number of benzene rings is 2. The predicted octanol–water partition coefficient (Wildman–Crippen LogP) is 5.28. The third-order valence-corrected chi connectivity index (χ3v) is 5.58. The average molecular weight is 437 g/mol. The molecule has 0 unspecified atom stereocenters. The molecule has 0 atom stereocenters. The molecule has 0 saturated carbocycles. The number of hydrogen-bond acceptors (Lipinski definition) is 6. The monoisotopic (exact) mass is 437 g/mol. The molecule has 2 heterocycles. The van der Waals surface area contributed by atoms with Crippen LogP contribution < -0.4 is 4.90 Å². The Balaban J connectivity index is 1.54. The summed E-state index contributed by atoms with van der Waals surface area (Å²) in [6.07, 6.45) is -0.208. The second kappa shape index (κ2) is 8.31. The van der Waals surface area contributed by atoms with Crippen LogP contribution in [0, 0.1) is 11.2 Å². The summed E-state index contributed by atoms with van der Waals surface area (Å²) in [5.74, 6) is -0.560. The molecule has 0 fully saturated rings. The third kappa shape index (κ3) is 4.20. The van der Waals surface area contributed by atoms with Gasteiger partial charge in [0.2, 0.25) is 0 Å². The van der Waals surface area contributed by atoms with E-state index < -0.39 is 5.97 Å². The predicted molar refractivity (Wildman–Crippen MR) is 119 cm³/mol. The molecule has 2 N–H and O–H groups in total. The number of amidine groups is 1. The van der Waals surface area contributed by atoms with E-state index in [1.807, 2.05) is 5.38 Å². The number of aliphatic hydroxyl groups is 1. The van der Waals surface area contributed by atoms with Crippen molar-refractivity contribution < 1.29 is 19.0 Å². The number of ether oxygens (including phenoxy) is 1. The number of carbonyl (C=O) groups excluding carboxylic acids is 1. The molecule has 31 heavy (non-hydrogen) atoms. The Bertz CT molecular complexity index is 1170. The lowest BCUT2D eigenvalue weighted by Crippen LogP contribution is -2.26. The number of esters is 1. The molecular formula is C23H20FN3O3S. The number of nitrogens with zero attached hydrogens (tertiary/aromatic N) is 2. The highest BCUT2D eigenvalue weighted by atomic mass is 32.1. The van der Waals surface area contributed by atoms with Crippen molar-refractivity contribution in [2.45, 2.75) is 20.0 Å². The molecule has 8 heteroatoms. The fourth-order valence-electron chi connectivity index (χ4n) is 3.23. The number of rotatable bonds is 5. The van der Waals surface area contributed by atoms with Gasteiger partial charge in [0.25, 0.3) is 0 Å². The number of hydrogen-bond donors (Lipinski definition) is 2. The Morgan fingerprint density at radius 3 is 2.52 bits per heavy atom. The first-order chi connectivity index (χ1) is 14.8. The molecule has 1 aliphatic rings. The summed E-state index contributed by atoms with van der Waals surface area (Å²) in [5.41, 5.74) is 2.86. The number of nitrogens with one attached hydrogen (secondary N) is 1. The van der Waals surface area contributed by atoms with E-state index in [0.29, 0.717) is 27.5 Å². The fraction of sp³-hybridized carbons (Fsp3) is 0.174. The average Bonchev–Trinajstić information content (AvgIpc) is 3.32. The zero-order valence-corrected chi connectivity index (χ0v) is 17.7. The number of halogens is 1. The number of aromatic nitrogens is 1. The molecule has 158 valence electrons. The van der Waals surface area contributed by atoms with E-state index in [9.17, 15) is 14.3 Å². The van der Waals surface area contributed by atoms with E-state index in [1.54, 1.807) is 55.1 Å². The second-order valence-corrected chi connectivity index (χ2v) is 8.16. The Morgan fingerprint density at radius 2 is 1.87 bits per heavy atom. The number of aliphatic hydroxyl groups excluding tert-OH is 1. The third-order valence-electron chi connectivity index (χ3n) is 4.72. The maximum Gasteiger partial charge on any atom is 0.338 e. The molecule has 0 amide bonds. The molecule has 3 aromatic rings. The van der Waals surface area contributed by atoms with Gasteiger partial charge in [0.15, 0.2) is 0 Å². The van der Waals surface area contributed by atoms with Crippen molar-refractivity contribution in [3.05, 3.63) is 76.1 Å². The van der Waals surface area contributed by atoms with Gasteiger partial charge in [-0.3, -0.25) is 5.41 Å². The molecule has 1 aliphatic heterocycles. The summed E-state index contributed by atoms with van der Waals surface area (Å²) in [5, 5.41) is 21.4. The number of anilines is 1. The Morgan fingerprint density at radius 1 is 1.19 bits per heavy atom. The van der Waals surface area contributed by atoms with Crippen LogP contribution in [-0.2, 0) is 4.74 Å². The minimum atomic E-state index is -0.407. The lowest BCUT2D eigenvalue weighted by atomic mass is 10.1. The highest BCUT2D eigenvalue weighted by molar-refractivity contribution is 7.11. The van der Waals surface area contributed by atoms with Gasteiger partial charge in [-0.2, -0.15) is 0 Å². The smallest absolute Gasteiger partial charge is 0.338 e. The van der Waals surface area contributed by atoms with Gasteiger partial charge in [0.05, 0.1) is 29.5 Å². The Hall–Kier alpha value is -3.52. The largest absolute Gasteiger partial charge is 0.510 e. The standard InChI is InChI=1S/C23H20FN3O3S/c1-13(2)30-23(29)15-5-9-17(10-6-15)27-11-19(28)20(21(27)25)22-26-18(12-31-22)14-3-7-16(24)8-4-14/h3-10,12-13,25,28H,11H2,1-2H3. The SMILES string of the molecule is CC(C)OC(=O)c1ccc(N2CC(O)=C(c3nc(-c4ccc(F)cc4)cs3)C2=N)cc1. The van der Waals surface area contributed by atoms with Gasteiger partial charge in [0.1, 0.15) is 22.4 Å². The van der Waals surface area contributed by atoms with Crippen molar-refractivity contribution in [1.29, 1.82) is 5.41 Å². The van der Waals surface area contributed by atoms with E-state index in [0.717, 1.165) is 5.56 Å². The quantitative estimate of drug-likeness (QED) is 0.530. The van der Waals surface area contributed by atoms with Gasteiger partial charge >= 0.3 is 5.97 Å². The zero-order valence-electron chi connectivity index (χ0n) is 16.9. The first-order valence-electron chi connectivity index (χ1n) is 9.65. The van der Waals surface area contributed by atoms with Crippen LogP contribution in [0.1, 0.15) is 29.2 Å². The van der Waals surface area contributed by atoms with Gasteiger partial charge < -0.3 is 14.7 Å². The molecule has 0 spiro atoms. The Labute approximate surface area is 182 Å². The van der Waals surface area contributed by atoms with Crippen LogP contribution in [0.5, 0.6) is 0 Å². The minimum absolute atomic E-state index is 0.0494. The molecule has 2 aromatic carbocycles. The highest BCUT2D eigenvalue weighted by Gasteiger charge is 2.31. The summed E-state index contributed by atoms with van der Waals surface area (Å²) in [7, 11) is 0. The maximum atomic E-state index is 13.2. The van der Waals surface area contributed by atoms with Crippen LogP contribution in [-0.4, -0.2) is 34.5 Å². The van der Waals surface area contributed by atoms with Crippen molar-refractivity contribution >= 4 is 34.4 Å². The van der Waals surface area contributed by atoms with Crippen LogP contribution in [0.4, 0.5) is 10.1 Å². The summed E-state index contributed by atoms with van der Waals surface area (Å²) in [6, 6.07) is 12.7. The molecule has 4 rings (SSSR count). The van der Waals surface area contributed by atoms with E-state index in [4.69, 9.17) is 10.1 Å². The van der Waals surface area contributed by atoms with Crippen LogP contribution in [0.15, 0.2) is 59.7 Å². The van der Waals surface area contributed by atoms with Crippen molar-refractivity contribution in [2.24, 2.45) is 0 Å². The summed E-state index contributed by atoms with van der Waals surface area (Å²) in [6.45, 7) is 3.71. The van der Waals surface area contributed by atoms with E-state index in [-0.39, 0.29) is 30.1 Å². The second-order valence-electron chi connectivity index (χ2n) is 7.30. The maximum absolute atomic E-state index is 13.2. The molecule has 0 bridgehead atoms. The topological polar surface area (TPSA) is 86.5 Å². The van der Waals surface area contributed by atoms with E-state index in [1.165, 1.54) is 23.5 Å². The van der Waals surface area contributed by atoms with Crippen LogP contribution >= 0.6 is 11.3 Å². The number of carbonyl (C=O) groups is 1. The van der Waals surface area contributed by atoms with Crippen molar-refractivity contribution in [2.75, 3.05) is 11.4 Å². The fourth-order valence-corrected chi connectivity index (χ4v) is 4.12. The summed E-state index contributed by atoms with van der Waals surface area (Å²) < 4.78 is 18.4. The van der Waals surface area contributed by atoms with Crippen LogP contribution in [0.2, 0.25) is 0 Å². The summed E-state index contributed by atoms with van der Waals surface area (Å²) >= 11 is 1.31. The molecular weight excluding hydrogens is 417 g/mol. The van der Waals surface area contributed by atoms with E-state index >= 15 is 0 Å². The van der Waals surface area contributed by atoms with Crippen molar-refractivity contribution in [1.82, 2.24) is 4.98 Å². The first-order valence-corrected chi connectivity index (χ1v) is 10.5. The van der Waals surface area contributed by atoms with Crippen molar-refractivity contribution in [3.63, 3.8) is 0 Å². The molecule has 0 saturated heterocycles. The van der Waals surface area contributed by atoms with Gasteiger partial charge in [-0.1, -0.05) is 0 Å². The van der Waals surface area contributed by atoms with Crippen molar-refractivity contribution in [3.8, 4) is 11.3 Å². The van der Waals surface area contributed by atoms with Crippen LogP contribution in [0.25, 0.3) is 16.8 Å². The number of thiazole rings is 1. The molecule has 1 aromatic heterocycles. The minimum Gasteiger partial charge on any atom is -0.510 e. The molecule has 0 aliphatic carbocycles. The lowest BCUT2D eigenvalue weighted by molar-refractivity contribution is 0.0378. The van der Waals surface area contributed by atoms with Crippen LogP contribution in [0.3, 0.4) is 0 Å².